The molecule has 0 saturated heterocycles. The lowest BCUT2D eigenvalue weighted by atomic mass is 10.1. The highest BCUT2D eigenvalue weighted by Gasteiger charge is 2.27. The standard InChI is InChI=1S/C33H63O10P/c1-3-5-7-8-9-10-11-12-13-14-15-16-17-18-19-20-21-22-23-25-33(37)43-31(28-40-32(36)24-6-4-2)29-42-44(38,39)41-27-30(35)26-34/h12-13,30-31,34-35H,3-11,14-29H2,1-2H3,(H,38,39)/b13-12-. The minimum atomic E-state index is -4.59. The maximum Gasteiger partial charge on any atom is 0.472 e. The first kappa shape index (κ1) is 42.7. The molecule has 0 heterocycles. The van der Waals surface area contributed by atoms with Crippen LogP contribution in [0.15, 0.2) is 12.2 Å². The van der Waals surface area contributed by atoms with Gasteiger partial charge >= 0.3 is 19.8 Å². The van der Waals surface area contributed by atoms with E-state index in [0.717, 1.165) is 25.7 Å². The lowest BCUT2D eigenvalue weighted by Gasteiger charge is -2.20. The summed E-state index contributed by atoms with van der Waals surface area (Å²) in [5, 5.41) is 18.1. The van der Waals surface area contributed by atoms with Crippen molar-refractivity contribution in [3.8, 4) is 0 Å². The molecular formula is C33H63O10P. The van der Waals surface area contributed by atoms with Crippen LogP contribution in [0.1, 0.15) is 149 Å². The van der Waals surface area contributed by atoms with Gasteiger partial charge in [-0.1, -0.05) is 109 Å². The predicted molar refractivity (Wildman–Crippen MR) is 173 cm³/mol. The summed E-state index contributed by atoms with van der Waals surface area (Å²) in [4.78, 5) is 34.0. The van der Waals surface area contributed by atoms with Crippen LogP contribution in [0.4, 0.5) is 0 Å². The summed E-state index contributed by atoms with van der Waals surface area (Å²) >= 11 is 0. The maximum atomic E-state index is 12.4. The van der Waals surface area contributed by atoms with E-state index in [0.29, 0.717) is 12.8 Å². The Balaban J connectivity index is 4.06. The van der Waals surface area contributed by atoms with E-state index in [4.69, 9.17) is 19.1 Å². The van der Waals surface area contributed by atoms with Gasteiger partial charge in [-0.3, -0.25) is 18.6 Å². The van der Waals surface area contributed by atoms with E-state index in [2.05, 4.69) is 23.6 Å². The molecule has 3 atom stereocenters. The predicted octanol–water partition coefficient (Wildman–Crippen LogP) is 7.72. The molecule has 44 heavy (non-hydrogen) atoms. The van der Waals surface area contributed by atoms with Gasteiger partial charge in [0.25, 0.3) is 0 Å². The lowest BCUT2D eigenvalue weighted by Crippen LogP contribution is -2.29. The summed E-state index contributed by atoms with van der Waals surface area (Å²) in [5.74, 6) is -0.966. The Hall–Kier alpha value is -1.29. The van der Waals surface area contributed by atoms with Crippen LogP contribution in [-0.4, -0.2) is 65.7 Å². The summed E-state index contributed by atoms with van der Waals surface area (Å²) < 4.78 is 32.0. The van der Waals surface area contributed by atoms with Crippen molar-refractivity contribution in [3.63, 3.8) is 0 Å². The van der Waals surface area contributed by atoms with E-state index < -0.39 is 51.8 Å². The molecule has 0 aromatic heterocycles. The van der Waals surface area contributed by atoms with Crippen LogP contribution in [0.3, 0.4) is 0 Å². The zero-order valence-electron chi connectivity index (χ0n) is 27.6. The van der Waals surface area contributed by atoms with Gasteiger partial charge in [0.2, 0.25) is 0 Å². The molecule has 11 heteroatoms. The minimum absolute atomic E-state index is 0.183. The van der Waals surface area contributed by atoms with Gasteiger partial charge in [0, 0.05) is 12.8 Å². The van der Waals surface area contributed by atoms with Crippen LogP contribution in [0.25, 0.3) is 0 Å². The van der Waals surface area contributed by atoms with Crippen LogP contribution >= 0.6 is 7.82 Å². The molecule has 0 aliphatic rings. The number of rotatable bonds is 32. The fraction of sp³-hybridized carbons (Fsp3) is 0.879. The molecule has 10 nitrogen and oxygen atoms in total. The number of allylic oxidation sites excluding steroid dienone is 2. The van der Waals surface area contributed by atoms with Gasteiger partial charge in [0.05, 0.1) is 19.8 Å². The van der Waals surface area contributed by atoms with E-state index in [1.165, 1.54) is 83.5 Å². The van der Waals surface area contributed by atoms with Gasteiger partial charge in [-0.25, -0.2) is 4.57 Å². The summed E-state index contributed by atoms with van der Waals surface area (Å²) in [6.07, 6.45) is 24.6. The first-order valence-corrected chi connectivity index (χ1v) is 18.6. The molecule has 0 rings (SSSR count). The number of carbonyl (C=O) groups is 2. The number of esters is 2. The number of phosphoric ester groups is 1. The van der Waals surface area contributed by atoms with Crippen molar-refractivity contribution in [2.75, 3.05) is 26.4 Å². The van der Waals surface area contributed by atoms with Crippen LogP contribution in [0.5, 0.6) is 0 Å². The molecule has 0 aliphatic carbocycles. The molecule has 0 aliphatic heterocycles. The number of aliphatic hydroxyl groups is 2. The molecule has 0 amide bonds. The number of ether oxygens (including phenoxy) is 2. The summed E-state index contributed by atoms with van der Waals surface area (Å²) in [6.45, 7) is 2.08. The molecule has 0 aromatic rings. The number of carbonyl (C=O) groups excluding carboxylic acids is 2. The third-order valence-corrected chi connectivity index (χ3v) is 8.12. The monoisotopic (exact) mass is 650 g/mol. The Bertz CT molecular complexity index is 761. The second kappa shape index (κ2) is 30.4. The fourth-order valence-corrected chi connectivity index (χ4v) is 5.22. The van der Waals surface area contributed by atoms with E-state index in [9.17, 15) is 24.2 Å². The number of aliphatic hydroxyl groups excluding tert-OH is 2. The molecule has 0 aromatic carbocycles. The fourth-order valence-electron chi connectivity index (χ4n) is 4.43. The third-order valence-electron chi connectivity index (χ3n) is 7.17. The minimum Gasteiger partial charge on any atom is -0.462 e. The zero-order valence-corrected chi connectivity index (χ0v) is 28.5. The average Bonchev–Trinajstić information content (AvgIpc) is 3.01. The Morgan fingerprint density at radius 1 is 0.659 bits per heavy atom. The van der Waals surface area contributed by atoms with Gasteiger partial charge in [0.15, 0.2) is 6.10 Å². The van der Waals surface area contributed by atoms with Crippen molar-refractivity contribution in [1.82, 2.24) is 0 Å². The van der Waals surface area contributed by atoms with E-state index >= 15 is 0 Å². The summed E-state index contributed by atoms with van der Waals surface area (Å²) in [6, 6.07) is 0. The normalized spacial score (nSPS) is 14.4. The van der Waals surface area contributed by atoms with E-state index in [1.807, 2.05) is 6.92 Å². The highest BCUT2D eigenvalue weighted by Crippen LogP contribution is 2.43. The zero-order chi connectivity index (χ0) is 32.7. The Labute approximate surface area is 266 Å². The Morgan fingerprint density at radius 3 is 1.68 bits per heavy atom. The number of phosphoric acid groups is 1. The van der Waals surface area contributed by atoms with Gasteiger partial charge < -0.3 is 24.6 Å². The second-order valence-electron chi connectivity index (χ2n) is 11.5. The lowest BCUT2D eigenvalue weighted by molar-refractivity contribution is -0.161. The van der Waals surface area contributed by atoms with Crippen LogP contribution in [0, 0.1) is 0 Å². The van der Waals surface area contributed by atoms with Gasteiger partial charge in [0.1, 0.15) is 12.7 Å². The SMILES string of the molecule is CCCCCCCC/C=C\CCCCCCCCCCCC(=O)OC(COC(=O)CCCC)COP(=O)(O)OCC(O)CO. The third kappa shape index (κ3) is 29.4. The van der Waals surface area contributed by atoms with Crippen molar-refractivity contribution in [3.05, 3.63) is 12.2 Å². The smallest absolute Gasteiger partial charge is 0.462 e. The van der Waals surface area contributed by atoms with Crippen molar-refractivity contribution >= 4 is 19.8 Å². The molecule has 3 N–H and O–H groups in total. The molecule has 0 radical (unpaired) electrons. The van der Waals surface area contributed by atoms with Crippen LogP contribution in [-0.2, 0) is 32.7 Å². The van der Waals surface area contributed by atoms with Gasteiger partial charge in [-0.15, -0.1) is 0 Å². The van der Waals surface area contributed by atoms with Gasteiger partial charge in [-0.2, -0.15) is 0 Å². The second-order valence-corrected chi connectivity index (χ2v) is 13.0. The van der Waals surface area contributed by atoms with Crippen molar-refractivity contribution in [2.45, 2.75) is 161 Å². The van der Waals surface area contributed by atoms with E-state index in [1.54, 1.807) is 0 Å². The number of hydrogen-bond acceptors (Lipinski definition) is 9. The van der Waals surface area contributed by atoms with Gasteiger partial charge in [-0.05, 0) is 38.5 Å². The highest BCUT2D eigenvalue weighted by molar-refractivity contribution is 7.47. The Morgan fingerprint density at radius 2 is 1.14 bits per heavy atom. The average molecular weight is 651 g/mol. The molecule has 0 spiro atoms. The number of unbranched alkanes of at least 4 members (excludes halogenated alkanes) is 16. The van der Waals surface area contributed by atoms with Crippen LogP contribution in [0.2, 0.25) is 0 Å². The van der Waals surface area contributed by atoms with Crippen molar-refractivity contribution in [2.24, 2.45) is 0 Å². The molecule has 0 bridgehead atoms. The molecular weight excluding hydrogens is 587 g/mol. The molecule has 3 unspecified atom stereocenters. The summed E-state index contributed by atoms with van der Waals surface area (Å²) in [7, 11) is -4.59. The molecule has 0 saturated carbocycles. The first-order valence-electron chi connectivity index (χ1n) is 17.1. The highest BCUT2D eigenvalue weighted by atomic mass is 31.2. The molecule has 260 valence electrons. The van der Waals surface area contributed by atoms with E-state index in [-0.39, 0.29) is 19.4 Å². The molecule has 0 fully saturated rings. The Kier molecular flexibility index (Phi) is 29.5. The largest absolute Gasteiger partial charge is 0.472 e. The quantitative estimate of drug-likeness (QED) is 0.0286. The summed E-state index contributed by atoms with van der Waals surface area (Å²) in [5.41, 5.74) is 0. The maximum absolute atomic E-state index is 12.4. The van der Waals surface area contributed by atoms with Crippen LogP contribution < -0.4 is 0 Å². The number of hydrogen-bond donors (Lipinski definition) is 3. The van der Waals surface area contributed by atoms with Crippen molar-refractivity contribution < 1.29 is 47.8 Å². The van der Waals surface area contributed by atoms with Crippen molar-refractivity contribution in [1.29, 1.82) is 0 Å². The first-order chi connectivity index (χ1) is 21.2. The topological polar surface area (TPSA) is 149 Å².